The minimum Gasteiger partial charge on any atom is -0.495 e. The summed E-state index contributed by atoms with van der Waals surface area (Å²) in [6.07, 6.45) is 0. The summed E-state index contributed by atoms with van der Waals surface area (Å²) in [5.41, 5.74) is 1.17. The van der Waals surface area contributed by atoms with Crippen LogP contribution in [0.5, 0.6) is 5.75 Å². The molecule has 0 aliphatic heterocycles. The number of hydrogen-bond donors (Lipinski definition) is 0. The fourth-order valence-electron chi connectivity index (χ4n) is 0.879. The van der Waals surface area contributed by atoms with Gasteiger partial charge in [-0.2, -0.15) is 0 Å². The van der Waals surface area contributed by atoms with Crippen molar-refractivity contribution in [2.24, 2.45) is 0 Å². The van der Waals surface area contributed by atoms with E-state index in [1.807, 2.05) is 19.1 Å². The second kappa shape index (κ2) is 3.76. The number of ether oxygens (including phenoxy) is 1. The highest BCUT2D eigenvalue weighted by Gasteiger charge is 2.05. The molecule has 1 rings (SSSR count). The summed E-state index contributed by atoms with van der Waals surface area (Å²) < 4.78 is 7.43. The Bertz CT molecular complexity index is 273. The normalized spacial score (nSPS) is 9.82. The SMILES string of the molecule is COc1c(C)ccc(Br)c1I. The molecular weight excluding hydrogens is 319 g/mol. The second-order valence-electron chi connectivity index (χ2n) is 2.21. The van der Waals surface area contributed by atoms with Crippen LogP contribution in [0.15, 0.2) is 16.6 Å². The number of halogens is 2. The Hall–Kier alpha value is 0.230. The third-order valence-electron chi connectivity index (χ3n) is 1.45. The zero-order valence-corrected chi connectivity index (χ0v) is 10.1. The van der Waals surface area contributed by atoms with Crippen molar-refractivity contribution < 1.29 is 4.74 Å². The fourth-order valence-corrected chi connectivity index (χ4v) is 2.02. The fraction of sp³-hybridized carbons (Fsp3) is 0.250. The summed E-state index contributed by atoms with van der Waals surface area (Å²) in [5, 5.41) is 0. The van der Waals surface area contributed by atoms with Crippen LogP contribution in [0.4, 0.5) is 0 Å². The Balaban J connectivity index is 3.29. The topological polar surface area (TPSA) is 9.23 Å². The minimum absolute atomic E-state index is 0.958. The lowest BCUT2D eigenvalue weighted by molar-refractivity contribution is 0.408. The molecule has 1 aromatic rings. The van der Waals surface area contributed by atoms with Gasteiger partial charge in [-0.15, -0.1) is 0 Å². The molecule has 0 atom stereocenters. The van der Waals surface area contributed by atoms with Crippen LogP contribution in [-0.4, -0.2) is 7.11 Å². The predicted octanol–water partition coefficient (Wildman–Crippen LogP) is 3.37. The molecule has 0 bridgehead atoms. The largest absolute Gasteiger partial charge is 0.495 e. The molecule has 0 unspecified atom stereocenters. The maximum atomic E-state index is 5.22. The Morgan fingerprint density at radius 1 is 1.45 bits per heavy atom. The standard InChI is InChI=1S/C8H8BrIO/c1-5-3-4-6(9)7(10)8(5)11-2/h3-4H,1-2H3. The van der Waals surface area contributed by atoms with Crippen LogP contribution in [0.3, 0.4) is 0 Å². The summed E-state index contributed by atoms with van der Waals surface area (Å²) >= 11 is 5.69. The molecule has 3 heteroatoms. The Morgan fingerprint density at radius 2 is 2.09 bits per heavy atom. The van der Waals surface area contributed by atoms with Crippen molar-refractivity contribution in [1.82, 2.24) is 0 Å². The number of benzene rings is 1. The van der Waals surface area contributed by atoms with E-state index in [4.69, 9.17) is 4.74 Å². The molecule has 0 aliphatic rings. The third-order valence-corrected chi connectivity index (χ3v) is 3.92. The van der Waals surface area contributed by atoms with Crippen LogP contribution in [0.25, 0.3) is 0 Å². The average molecular weight is 327 g/mol. The summed E-state index contributed by atoms with van der Waals surface area (Å²) in [4.78, 5) is 0. The van der Waals surface area contributed by atoms with Crippen molar-refractivity contribution >= 4 is 38.5 Å². The molecule has 0 aromatic heterocycles. The van der Waals surface area contributed by atoms with Crippen molar-refractivity contribution in [3.8, 4) is 5.75 Å². The van der Waals surface area contributed by atoms with Gasteiger partial charge in [-0.1, -0.05) is 6.07 Å². The Morgan fingerprint density at radius 3 is 2.55 bits per heavy atom. The highest BCUT2D eigenvalue weighted by atomic mass is 127. The molecule has 0 N–H and O–H groups in total. The molecule has 0 radical (unpaired) electrons. The quantitative estimate of drug-likeness (QED) is 0.719. The van der Waals surface area contributed by atoms with Gasteiger partial charge in [0.05, 0.1) is 10.7 Å². The lowest BCUT2D eigenvalue weighted by Crippen LogP contribution is -1.90. The van der Waals surface area contributed by atoms with Gasteiger partial charge >= 0.3 is 0 Å². The molecule has 0 heterocycles. The predicted molar refractivity (Wildman–Crippen MR) is 58.1 cm³/mol. The van der Waals surface area contributed by atoms with Crippen LogP contribution >= 0.6 is 38.5 Å². The monoisotopic (exact) mass is 326 g/mol. The van der Waals surface area contributed by atoms with Gasteiger partial charge in [0.1, 0.15) is 5.75 Å². The number of rotatable bonds is 1. The lowest BCUT2D eigenvalue weighted by Gasteiger charge is -2.07. The van der Waals surface area contributed by atoms with Gasteiger partial charge in [-0.25, -0.2) is 0 Å². The first-order valence-electron chi connectivity index (χ1n) is 3.15. The molecular formula is C8H8BrIO. The Kier molecular flexibility index (Phi) is 3.18. The van der Waals surface area contributed by atoms with Crippen molar-refractivity contribution in [2.45, 2.75) is 6.92 Å². The van der Waals surface area contributed by atoms with Crippen molar-refractivity contribution in [2.75, 3.05) is 7.11 Å². The first-order valence-corrected chi connectivity index (χ1v) is 5.02. The van der Waals surface area contributed by atoms with E-state index in [9.17, 15) is 0 Å². The third kappa shape index (κ3) is 1.87. The van der Waals surface area contributed by atoms with Crippen molar-refractivity contribution in [3.05, 3.63) is 25.7 Å². The van der Waals surface area contributed by atoms with E-state index in [1.54, 1.807) is 7.11 Å². The molecule has 0 fully saturated rings. The highest BCUT2D eigenvalue weighted by Crippen LogP contribution is 2.31. The van der Waals surface area contributed by atoms with E-state index in [0.29, 0.717) is 0 Å². The van der Waals surface area contributed by atoms with E-state index in [2.05, 4.69) is 38.5 Å². The molecule has 0 saturated heterocycles. The minimum atomic E-state index is 0.958. The molecule has 11 heavy (non-hydrogen) atoms. The first kappa shape index (κ1) is 9.32. The van der Waals surface area contributed by atoms with Gasteiger partial charge < -0.3 is 4.74 Å². The van der Waals surface area contributed by atoms with E-state index in [1.165, 1.54) is 5.56 Å². The molecule has 0 aliphatic carbocycles. The summed E-state index contributed by atoms with van der Waals surface area (Å²) in [7, 11) is 1.69. The summed E-state index contributed by atoms with van der Waals surface area (Å²) in [6, 6.07) is 4.06. The van der Waals surface area contributed by atoms with Gasteiger partial charge in [0.2, 0.25) is 0 Å². The van der Waals surface area contributed by atoms with E-state index >= 15 is 0 Å². The molecule has 1 nitrogen and oxygen atoms in total. The second-order valence-corrected chi connectivity index (χ2v) is 4.14. The molecule has 0 saturated carbocycles. The smallest absolute Gasteiger partial charge is 0.136 e. The van der Waals surface area contributed by atoms with E-state index in [0.717, 1.165) is 13.8 Å². The molecule has 1 aromatic carbocycles. The van der Waals surface area contributed by atoms with Crippen molar-refractivity contribution in [3.63, 3.8) is 0 Å². The summed E-state index contributed by atoms with van der Waals surface area (Å²) in [5.74, 6) is 0.958. The Labute approximate surface area is 88.4 Å². The average Bonchev–Trinajstić information content (AvgIpc) is 1.99. The van der Waals surface area contributed by atoms with Gasteiger partial charge in [0, 0.05) is 4.47 Å². The summed E-state index contributed by atoms with van der Waals surface area (Å²) in [6.45, 7) is 2.04. The molecule has 60 valence electrons. The van der Waals surface area contributed by atoms with Gasteiger partial charge in [0.15, 0.2) is 0 Å². The van der Waals surface area contributed by atoms with Crippen molar-refractivity contribution in [1.29, 1.82) is 0 Å². The maximum absolute atomic E-state index is 5.22. The highest BCUT2D eigenvalue weighted by molar-refractivity contribution is 14.1. The van der Waals surface area contributed by atoms with Gasteiger partial charge in [0.25, 0.3) is 0 Å². The van der Waals surface area contributed by atoms with Crippen LogP contribution in [-0.2, 0) is 0 Å². The van der Waals surface area contributed by atoms with Gasteiger partial charge in [-0.05, 0) is 57.1 Å². The maximum Gasteiger partial charge on any atom is 0.136 e. The van der Waals surface area contributed by atoms with Crippen LogP contribution in [0, 0.1) is 10.5 Å². The first-order chi connectivity index (χ1) is 5.16. The zero-order valence-electron chi connectivity index (χ0n) is 6.32. The number of methoxy groups -OCH3 is 1. The number of hydrogen-bond acceptors (Lipinski definition) is 1. The lowest BCUT2D eigenvalue weighted by atomic mass is 10.2. The molecule has 0 amide bonds. The number of aryl methyl sites for hydroxylation is 1. The van der Waals surface area contributed by atoms with Crippen LogP contribution in [0.2, 0.25) is 0 Å². The van der Waals surface area contributed by atoms with E-state index < -0.39 is 0 Å². The van der Waals surface area contributed by atoms with Crippen LogP contribution in [0.1, 0.15) is 5.56 Å². The zero-order chi connectivity index (χ0) is 8.43. The molecule has 0 spiro atoms. The van der Waals surface area contributed by atoms with E-state index in [-0.39, 0.29) is 0 Å². The van der Waals surface area contributed by atoms with Gasteiger partial charge in [-0.3, -0.25) is 0 Å². The van der Waals surface area contributed by atoms with Crippen LogP contribution < -0.4 is 4.74 Å².